The normalized spacial score (nSPS) is 27.6. The van der Waals surface area contributed by atoms with E-state index in [1.54, 1.807) is 0 Å². The molecule has 1 atom stereocenters. The minimum atomic E-state index is -0.109. The molecule has 18 heavy (non-hydrogen) atoms. The molecule has 0 aliphatic heterocycles. The van der Waals surface area contributed by atoms with Gasteiger partial charge in [-0.3, -0.25) is 0 Å². The molecule has 2 N–H and O–H groups in total. The first kappa shape index (κ1) is 12.6. The summed E-state index contributed by atoms with van der Waals surface area (Å²) in [5.74, 6) is 0.827. The van der Waals surface area contributed by atoms with Crippen LogP contribution in [0.3, 0.4) is 0 Å². The molecule has 1 saturated carbocycles. The van der Waals surface area contributed by atoms with Crippen LogP contribution in [0, 0.1) is 5.92 Å². The summed E-state index contributed by atoms with van der Waals surface area (Å²) in [6.07, 6.45) is 11.2. The molecule has 2 aliphatic rings. The summed E-state index contributed by atoms with van der Waals surface area (Å²) in [7, 11) is 0. The lowest BCUT2D eigenvalue weighted by Gasteiger charge is -2.25. The lowest BCUT2D eigenvalue weighted by atomic mass is 9.91. The monoisotopic (exact) mass is 264 g/mol. The Bertz CT molecular complexity index is 416. The standard InChI is InChI=1S/C15H24N2S/c1-11-6-7-12-13(10-11)18-14(17-12)15(16)8-4-2-3-5-9-15/h11H,2-10,16H2,1H3. The van der Waals surface area contributed by atoms with Crippen molar-refractivity contribution in [1.29, 1.82) is 0 Å². The van der Waals surface area contributed by atoms with Crippen LogP contribution in [-0.2, 0) is 18.4 Å². The van der Waals surface area contributed by atoms with E-state index < -0.39 is 0 Å². The zero-order valence-corrected chi connectivity index (χ0v) is 12.2. The van der Waals surface area contributed by atoms with E-state index in [1.165, 1.54) is 60.5 Å². The zero-order valence-electron chi connectivity index (χ0n) is 11.4. The Morgan fingerprint density at radius 2 is 1.94 bits per heavy atom. The molecule has 0 spiro atoms. The Morgan fingerprint density at radius 1 is 1.22 bits per heavy atom. The molecular formula is C15H24N2S. The summed E-state index contributed by atoms with van der Waals surface area (Å²) in [5.41, 5.74) is 7.93. The highest BCUT2D eigenvalue weighted by Crippen LogP contribution is 2.39. The number of rotatable bonds is 1. The minimum absolute atomic E-state index is 0.109. The molecule has 0 saturated heterocycles. The fourth-order valence-electron chi connectivity index (χ4n) is 3.33. The molecule has 1 heterocycles. The summed E-state index contributed by atoms with van der Waals surface area (Å²) in [6, 6.07) is 0. The van der Waals surface area contributed by atoms with Crippen molar-refractivity contribution in [3.63, 3.8) is 0 Å². The van der Waals surface area contributed by atoms with Gasteiger partial charge in [-0.15, -0.1) is 11.3 Å². The third-order valence-electron chi connectivity index (χ3n) is 4.61. The quantitative estimate of drug-likeness (QED) is 0.784. The van der Waals surface area contributed by atoms with E-state index in [9.17, 15) is 0 Å². The van der Waals surface area contributed by atoms with Crippen LogP contribution in [-0.4, -0.2) is 4.98 Å². The Morgan fingerprint density at radius 3 is 2.67 bits per heavy atom. The SMILES string of the molecule is CC1CCc2nc(C3(N)CCCCCC3)sc2C1. The average molecular weight is 264 g/mol. The lowest BCUT2D eigenvalue weighted by Crippen LogP contribution is -2.35. The van der Waals surface area contributed by atoms with Crippen LogP contribution in [0.15, 0.2) is 0 Å². The highest BCUT2D eigenvalue weighted by Gasteiger charge is 2.33. The fraction of sp³-hybridized carbons (Fsp3) is 0.800. The first-order chi connectivity index (χ1) is 8.67. The van der Waals surface area contributed by atoms with E-state index in [0.717, 1.165) is 18.8 Å². The molecule has 0 radical (unpaired) electrons. The topological polar surface area (TPSA) is 38.9 Å². The summed E-state index contributed by atoms with van der Waals surface area (Å²) >= 11 is 1.92. The van der Waals surface area contributed by atoms with Gasteiger partial charge in [0.25, 0.3) is 0 Å². The molecule has 1 aromatic rings. The third kappa shape index (κ3) is 2.35. The molecule has 0 bridgehead atoms. The number of thiazole rings is 1. The van der Waals surface area contributed by atoms with Crippen LogP contribution < -0.4 is 5.73 Å². The average Bonchev–Trinajstić information content (AvgIpc) is 2.65. The second kappa shape index (κ2) is 4.93. The maximum absolute atomic E-state index is 6.67. The van der Waals surface area contributed by atoms with Crippen LogP contribution in [0.25, 0.3) is 0 Å². The molecule has 3 heteroatoms. The highest BCUT2D eigenvalue weighted by molar-refractivity contribution is 7.11. The smallest absolute Gasteiger partial charge is 0.113 e. The minimum Gasteiger partial charge on any atom is -0.319 e. The largest absolute Gasteiger partial charge is 0.319 e. The number of hydrogen-bond acceptors (Lipinski definition) is 3. The van der Waals surface area contributed by atoms with Crippen molar-refractivity contribution < 1.29 is 0 Å². The van der Waals surface area contributed by atoms with Crippen molar-refractivity contribution >= 4 is 11.3 Å². The van der Waals surface area contributed by atoms with Crippen molar-refractivity contribution in [1.82, 2.24) is 4.98 Å². The summed E-state index contributed by atoms with van der Waals surface area (Å²) < 4.78 is 0. The Labute approximate surface area is 114 Å². The van der Waals surface area contributed by atoms with Gasteiger partial charge in [0.1, 0.15) is 5.01 Å². The van der Waals surface area contributed by atoms with Crippen molar-refractivity contribution in [3.05, 3.63) is 15.6 Å². The van der Waals surface area contributed by atoms with Crippen molar-refractivity contribution in [2.24, 2.45) is 11.7 Å². The molecule has 1 fully saturated rings. The molecule has 2 aliphatic carbocycles. The van der Waals surface area contributed by atoms with Crippen molar-refractivity contribution in [2.75, 3.05) is 0 Å². The van der Waals surface area contributed by atoms with Crippen LogP contribution in [0.5, 0.6) is 0 Å². The first-order valence-corrected chi connectivity index (χ1v) is 8.27. The predicted octanol–water partition coefficient (Wildman–Crippen LogP) is 3.78. The second-order valence-electron chi connectivity index (χ2n) is 6.31. The zero-order chi connectivity index (χ0) is 12.6. The summed E-state index contributed by atoms with van der Waals surface area (Å²) in [4.78, 5) is 6.44. The number of aromatic nitrogens is 1. The summed E-state index contributed by atoms with van der Waals surface area (Å²) in [5, 5.41) is 1.24. The van der Waals surface area contributed by atoms with Gasteiger partial charge in [0, 0.05) is 4.88 Å². The first-order valence-electron chi connectivity index (χ1n) is 7.45. The molecule has 2 nitrogen and oxygen atoms in total. The van der Waals surface area contributed by atoms with Crippen molar-refractivity contribution in [3.8, 4) is 0 Å². The van der Waals surface area contributed by atoms with E-state index in [1.807, 2.05) is 11.3 Å². The molecule has 100 valence electrons. The molecular weight excluding hydrogens is 240 g/mol. The van der Waals surface area contributed by atoms with E-state index in [0.29, 0.717) is 0 Å². The van der Waals surface area contributed by atoms with Gasteiger partial charge in [-0.25, -0.2) is 4.98 Å². The van der Waals surface area contributed by atoms with Gasteiger partial charge in [-0.05, 0) is 38.0 Å². The number of fused-ring (bicyclic) bond motifs is 1. The van der Waals surface area contributed by atoms with E-state index >= 15 is 0 Å². The summed E-state index contributed by atoms with van der Waals surface area (Å²) in [6.45, 7) is 2.35. The van der Waals surface area contributed by atoms with Gasteiger partial charge >= 0.3 is 0 Å². The molecule has 1 aromatic heterocycles. The molecule has 0 amide bonds. The number of hydrogen-bond donors (Lipinski definition) is 1. The van der Waals surface area contributed by atoms with E-state index in [-0.39, 0.29) is 5.54 Å². The molecule has 0 aromatic carbocycles. The van der Waals surface area contributed by atoms with Crippen LogP contribution in [0.1, 0.15) is 67.4 Å². The van der Waals surface area contributed by atoms with Crippen LogP contribution >= 0.6 is 11.3 Å². The van der Waals surface area contributed by atoms with Gasteiger partial charge in [-0.2, -0.15) is 0 Å². The fourth-order valence-corrected chi connectivity index (χ4v) is 4.76. The number of nitrogens with two attached hydrogens (primary N) is 1. The van der Waals surface area contributed by atoms with Crippen LogP contribution in [0.2, 0.25) is 0 Å². The van der Waals surface area contributed by atoms with Gasteiger partial charge in [0.2, 0.25) is 0 Å². The number of nitrogens with zero attached hydrogens (tertiary/aromatic N) is 1. The molecule has 1 unspecified atom stereocenters. The highest BCUT2D eigenvalue weighted by atomic mass is 32.1. The number of aryl methyl sites for hydroxylation is 1. The van der Waals surface area contributed by atoms with Crippen molar-refractivity contribution in [2.45, 2.75) is 70.3 Å². The third-order valence-corrected chi connectivity index (χ3v) is 5.95. The van der Waals surface area contributed by atoms with Gasteiger partial charge < -0.3 is 5.73 Å². The maximum atomic E-state index is 6.67. The Hall–Kier alpha value is -0.410. The second-order valence-corrected chi connectivity index (χ2v) is 7.39. The van der Waals surface area contributed by atoms with Crippen LogP contribution in [0.4, 0.5) is 0 Å². The Balaban J connectivity index is 1.87. The van der Waals surface area contributed by atoms with Gasteiger partial charge in [0.05, 0.1) is 11.2 Å². The van der Waals surface area contributed by atoms with E-state index in [2.05, 4.69) is 6.92 Å². The predicted molar refractivity (Wildman–Crippen MR) is 76.9 cm³/mol. The lowest BCUT2D eigenvalue weighted by molar-refractivity contribution is 0.382. The maximum Gasteiger partial charge on any atom is 0.113 e. The van der Waals surface area contributed by atoms with Gasteiger partial charge in [-0.1, -0.05) is 32.6 Å². The Kier molecular flexibility index (Phi) is 3.46. The molecule has 3 rings (SSSR count). The van der Waals surface area contributed by atoms with E-state index in [4.69, 9.17) is 10.7 Å². The van der Waals surface area contributed by atoms with Gasteiger partial charge in [0.15, 0.2) is 0 Å².